The SMILES string of the molecule is COC(=O)C[C@@H](NC(=O)c1cc(C2CC2)nc2onc(C)c12)c1ccc(OC)cc1OC. The molecule has 1 aliphatic carbocycles. The largest absolute Gasteiger partial charge is 0.497 e. The van der Waals surface area contributed by atoms with Gasteiger partial charge in [0.05, 0.1) is 50.4 Å². The summed E-state index contributed by atoms with van der Waals surface area (Å²) in [6, 6.07) is 6.30. The van der Waals surface area contributed by atoms with E-state index < -0.39 is 12.0 Å². The Kier molecular flexibility index (Phi) is 5.98. The van der Waals surface area contributed by atoms with Crippen LogP contribution in [0.25, 0.3) is 11.1 Å². The van der Waals surface area contributed by atoms with Gasteiger partial charge in [0.1, 0.15) is 11.5 Å². The van der Waals surface area contributed by atoms with E-state index in [9.17, 15) is 9.59 Å². The van der Waals surface area contributed by atoms with Crippen LogP contribution < -0.4 is 14.8 Å². The summed E-state index contributed by atoms with van der Waals surface area (Å²) in [5, 5.41) is 7.51. The van der Waals surface area contributed by atoms with Crippen LogP contribution in [0.15, 0.2) is 28.8 Å². The van der Waals surface area contributed by atoms with Gasteiger partial charge in [0.2, 0.25) is 0 Å². The van der Waals surface area contributed by atoms with Crippen LogP contribution in [0, 0.1) is 6.92 Å². The summed E-state index contributed by atoms with van der Waals surface area (Å²) in [7, 11) is 4.38. The average molecular weight is 439 g/mol. The number of aromatic nitrogens is 2. The van der Waals surface area contributed by atoms with E-state index in [0.29, 0.717) is 45.3 Å². The van der Waals surface area contributed by atoms with Gasteiger partial charge in [-0.1, -0.05) is 5.16 Å². The van der Waals surface area contributed by atoms with E-state index >= 15 is 0 Å². The van der Waals surface area contributed by atoms with Crippen LogP contribution in [0.3, 0.4) is 0 Å². The maximum Gasteiger partial charge on any atom is 0.307 e. The van der Waals surface area contributed by atoms with Gasteiger partial charge < -0.3 is 24.1 Å². The lowest BCUT2D eigenvalue weighted by Crippen LogP contribution is -2.31. The van der Waals surface area contributed by atoms with Crippen molar-refractivity contribution in [2.75, 3.05) is 21.3 Å². The molecule has 9 heteroatoms. The first-order valence-corrected chi connectivity index (χ1v) is 10.3. The molecule has 1 aliphatic rings. The van der Waals surface area contributed by atoms with Crippen molar-refractivity contribution in [3.05, 3.63) is 46.8 Å². The minimum absolute atomic E-state index is 0.0722. The summed E-state index contributed by atoms with van der Waals surface area (Å²) < 4.78 is 20.9. The molecule has 1 N–H and O–H groups in total. The van der Waals surface area contributed by atoms with E-state index in [-0.39, 0.29) is 12.3 Å². The first kappa shape index (κ1) is 21.6. The molecule has 2 aromatic heterocycles. The number of esters is 1. The summed E-state index contributed by atoms with van der Waals surface area (Å²) in [6.45, 7) is 1.76. The molecule has 1 amide bonds. The average Bonchev–Trinajstić information content (AvgIpc) is 3.60. The van der Waals surface area contributed by atoms with Crippen LogP contribution in [0.2, 0.25) is 0 Å². The summed E-state index contributed by atoms with van der Waals surface area (Å²) in [5.74, 6) is 0.575. The van der Waals surface area contributed by atoms with Gasteiger partial charge in [-0.15, -0.1) is 0 Å². The molecule has 0 bridgehead atoms. The Morgan fingerprint density at radius 1 is 1.19 bits per heavy atom. The van der Waals surface area contributed by atoms with Crippen molar-refractivity contribution in [3.63, 3.8) is 0 Å². The van der Waals surface area contributed by atoms with Crippen molar-refractivity contribution >= 4 is 23.0 Å². The molecule has 0 radical (unpaired) electrons. The fourth-order valence-electron chi connectivity index (χ4n) is 3.71. The highest BCUT2D eigenvalue weighted by Crippen LogP contribution is 2.40. The summed E-state index contributed by atoms with van der Waals surface area (Å²) in [6.07, 6.45) is 1.98. The molecule has 1 saturated carbocycles. The number of hydrogen-bond donors (Lipinski definition) is 1. The van der Waals surface area contributed by atoms with Crippen LogP contribution in [0.5, 0.6) is 11.5 Å². The number of methoxy groups -OCH3 is 3. The Morgan fingerprint density at radius 2 is 1.97 bits per heavy atom. The number of aryl methyl sites for hydroxylation is 1. The van der Waals surface area contributed by atoms with Gasteiger partial charge in [-0.2, -0.15) is 0 Å². The maximum absolute atomic E-state index is 13.5. The zero-order valence-electron chi connectivity index (χ0n) is 18.4. The third-order valence-electron chi connectivity index (χ3n) is 5.60. The van der Waals surface area contributed by atoms with E-state index in [2.05, 4.69) is 15.5 Å². The number of nitrogens with one attached hydrogen (secondary N) is 1. The number of nitrogens with zero attached hydrogens (tertiary/aromatic N) is 2. The Morgan fingerprint density at radius 3 is 2.62 bits per heavy atom. The number of hydrogen-bond acceptors (Lipinski definition) is 8. The van der Waals surface area contributed by atoms with Crippen LogP contribution in [-0.2, 0) is 9.53 Å². The Balaban J connectivity index is 1.72. The first-order chi connectivity index (χ1) is 15.4. The number of amides is 1. The van der Waals surface area contributed by atoms with Gasteiger partial charge in [-0.25, -0.2) is 4.98 Å². The van der Waals surface area contributed by atoms with E-state index in [1.165, 1.54) is 14.2 Å². The second-order valence-electron chi connectivity index (χ2n) is 7.73. The monoisotopic (exact) mass is 439 g/mol. The minimum atomic E-state index is -0.691. The Bertz CT molecular complexity index is 1170. The quantitative estimate of drug-likeness (QED) is 0.531. The summed E-state index contributed by atoms with van der Waals surface area (Å²) in [4.78, 5) is 30.1. The molecule has 1 fully saturated rings. The van der Waals surface area contributed by atoms with Gasteiger partial charge in [0.25, 0.3) is 11.6 Å². The van der Waals surface area contributed by atoms with E-state index in [4.69, 9.17) is 18.7 Å². The highest BCUT2D eigenvalue weighted by molar-refractivity contribution is 6.06. The van der Waals surface area contributed by atoms with Crippen LogP contribution in [0.4, 0.5) is 0 Å². The zero-order chi connectivity index (χ0) is 22.8. The maximum atomic E-state index is 13.5. The second kappa shape index (κ2) is 8.86. The van der Waals surface area contributed by atoms with Crippen molar-refractivity contribution in [2.24, 2.45) is 0 Å². The number of pyridine rings is 1. The first-order valence-electron chi connectivity index (χ1n) is 10.3. The molecule has 1 aromatic carbocycles. The fraction of sp³-hybridized carbons (Fsp3) is 0.391. The molecule has 2 heterocycles. The predicted octanol–water partition coefficient (Wildman–Crippen LogP) is 3.46. The van der Waals surface area contributed by atoms with Gasteiger partial charge in [-0.05, 0) is 38.0 Å². The summed E-state index contributed by atoms with van der Waals surface area (Å²) >= 11 is 0. The van der Waals surface area contributed by atoms with Crippen LogP contribution >= 0.6 is 0 Å². The molecule has 3 aromatic rings. The molecular weight excluding hydrogens is 414 g/mol. The molecule has 0 aliphatic heterocycles. The smallest absolute Gasteiger partial charge is 0.307 e. The third kappa shape index (κ3) is 4.23. The van der Waals surface area contributed by atoms with Gasteiger partial charge in [0, 0.05) is 23.2 Å². The number of carbonyl (C=O) groups excluding carboxylic acids is 2. The zero-order valence-corrected chi connectivity index (χ0v) is 18.4. The standard InChI is InChI=1S/C23H25N3O6/c1-12-21-16(10-17(13-5-6-13)25-23(21)32-26-12)22(28)24-18(11-20(27)31-4)15-8-7-14(29-2)9-19(15)30-3/h7-10,13,18H,5-6,11H2,1-4H3,(H,24,28)/t18-/m1/s1. The Labute approximate surface area is 185 Å². The number of fused-ring (bicyclic) bond motifs is 1. The molecule has 9 nitrogen and oxygen atoms in total. The van der Waals surface area contributed by atoms with Crippen molar-refractivity contribution in [1.82, 2.24) is 15.5 Å². The predicted molar refractivity (Wildman–Crippen MR) is 115 cm³/mol. The minimum Gasteiger partial charge on any atom is -0.497 e. The molecule has 4 rings (SSSR count). The van der Waals surface area contributed by atoms with E-state index in [0.717, 1.165) is 18.5 Å². The number of rotatable bonds is 8. The van der Waals surface area contributed by atoms with Gasteiger partial charge in [0.15, 0.2) is 0 Å². The number of benzene rings is 1. The molecule has 0 unspecified atom stereocenters. The van der Waals surface area contributed by atoms with Crippen molar-refractivity contribution in [2.45, 2.75) is 38.1 Å². The fourth-order valence-corrected chi connectivity index (χ4v) is 3.71. The highest BCUT2D eigenvalue weighted by atomic mass is 16.5. The van der Waals surface area contributed by atoms with Crippen molar-refractivity contribution in [1.29, 1.82) is 0 Å². The highest BCUT2D eigenvalue weighted by Gasteiger charge is 2.30. The third-order valence-corrected chi connectivity index (χ3v) is 5.60. The lowest BCUT2D eigenvalue weighted by atomic mass is 10.0. The molecule has 0 spiro atoms. The number of carbonyl (C=O) groups is 2. The van der Waals surface area contributed by atoms with Crippen molar-refractivity contribution in [3.8, 4) is 11.5 Å². The second-order valence-corrected chi connectivity index (χ2v) is 7.73. The van der Waals surface area contributed by atoms with Crippen LogP contribution in [0.1, 0.15) is 58.5 Å². The molecule has 0 saturated heterocycles. The molecule has 32 heavy (non-hydrogen) atoms. The topological polar surface area (TPSA) is 113 Å². The molecule has 1 atom stereocenters. The Hall–Kier alpha value is -3.62. The lowest BCUT2D eigenvalue weighted by Gasteiger charge is -2.21. The van der Waals surface area contributed by atoms with Gasteiger partial charge in [-0.3, -0.25) is 9.59 Å². The summed E-state index contributed by atoms with van der Waals surface area (Å²) in [5.41, 5.74) is 2.76. The lowest BCUT2D eigenvalue weighted by molar-refractivity contribution is -0.141. The van der Waals surface area contributed by atoms with E-state index in [1.54, 1.807) is 38.3 Å². The van der Waals surface area contributed by atoms with E-state index in [1.807, 2.05) is 0 Å². The number of ether oxygens (including phenoxy) is 3. The normalized spacial score (nSPS) is 14.1. The van der Waals surface area contributed by atoms with Crippen LogP contribution in [-0.4, -0.2) is 43.3 Å². The molecule has 168 valence electrons. The van der Waals surface area contributed by atoms with Crippen molar-refractivity contribution < 1.29 is 28.3 Å². The molecular formula is C23H25N3O6. The van der Waals surface area contributed by atoms with Gasteiger partial charge >= 0.3 is 5.97 Å².